The number of rotatable bonds is 2. The number of aromatic nitrogens is 2. The van der Waals surface area contributed by atoms with Gasteiger partial charge in [-0.15, -0.1) is 0 Å². The number of fused-ring (bicyclic) bond motifs is 2. The molecule has 0 spiro atoms. The molecule has 4 rings (SSSR count). The van der Waals surface area contributed by atoms with Gasteiger partial charge in [0.1, 0.15) is 5.78 Å². The van der Waals surface area contributed by atoms with Gasteiger partial charge in [-0.05, 0) is 30.9 Å². The summed E-state index contributed by atoms with van der Waals surface area (Å²) in [5, 5.41) is 3.34. The van der Waals surface area contributed by atoms with Gasteiger partial charge in [0.2, 0.25) is 0 Å². The maximum absolute atomic E-state index is 12.8. The summed E-state index contributed by atoms with van der Waals surface area (Å²) < 4.78 is 0. The van der Waals surface area contributed by atoms with Gasteiger partial charge in [0.25, 0.3) is 0 Å². The van der Waals surface area contributed by atoms with Crippen molar-refractivity contribution in [3.63, 3.8) is 0 Å². The Labute approximate surface area is 117 Å². The monoisotopic (exact) mass is 267 g/mol. The number of ketones is 1. The van der Waals surface area contributed by atoms with E-state index in [1.54, 1.807) is 6.33 Å². The van der Waals surface area contributed by atoms with Crippen LogP contribution in [0.5, 0.6) is 0 Å². The summed E-state index contributed by atoms with van der Waals surface area (Å²) in [4.78, 5) is 20.3. The molecule has 2 heterocycles. The molecule has 1 aliphatic heterocycles. The van der Waals surface area contributed by atoms with Crippen LogP contribution < -0.4 is 5.32 Å². The number of hydrogen-bond donors (Lipinski definition) is 2. The third-order valence-electron chi connectivity index (χ3n) is 4.57. The number of para-hydroxylation sites is 1. The standard InChI is InChI=1S/C16H17N3O/c20-16(10-5-6-14-15(7-10)19-9-18-14)12-8-17-13-4-2-1-3-11(12)13/h1-4,9-10,12,17H,5-8H2,(H,18,19). The lowest BCUT2D eigenvalue weighted by molar-refractivity contribution is -0.124. The number of H-pyrrole nitrogens is 1. The van der Waals surface area contributed by atoms with Crippen LogP contribution in [-0.4, -0.2) is 22.3 Å². The van der Waals surface area contributed by atoms with Crippen molar-refractivity contribution in [1.82, 2.24) is 9.97 Å². The quantitative estimate of drug-likeness (QED) is 0.877. The maximum atomic E-state index is 12.8. The summed E-state index contributed by atoms with van der Waals surface area (Å²) in [5.74, 6) is 0.518. The largest absolute Gasteiger partial charge is 0.384 e. The van der Waals surface area contributed by atoms with Crippen molar-refractivity contribution in [2.24, 2.45) is 5.92 Å². The summed E-state index contributed by atoms with van der Waals surface area (Å²) in [6, 6.07) is 8.15. The van der Waals surface area contributed by atoms with Gasteiger partial charge in [-0.2, -0.15) is 0 Å². The number of nitrogens with one attached hydrogen (secondary N) is 2. The Morgan fingerprint density at radius 1 is 1.30 bits per heavy atom. The predicted molar refractivity (Wildman–Crippen MR) is 76.8 cm³/mol. The van der Waals surface area contributed by atoms with Crippen LogP contribution in [0, 0.1) is 5.92 Å². The Hall–Kier alpha value is -2.10. The summed E-state index contributed by atoms with van der Waals surface area (Å²) in [7, 11) is 0. The van der Waals surface area contributed by atoms with E-state index in [1.807, 2.05) is 12.1 Å². The fourth-order valence-electron chi connectivity index (χ4n) is 3.47. The number of Topliss-reactive ketones (excluding diaryl/α,β-unsaturated/α-hetero) is 1. The maximum Gasteiger partial charge on any atom is 0.145 e. The topological polar surface area (TPSA) is 57.8 Å². The Balaban J connectivity index is 1.58. The van der Waals surface area contributed by atoms with Crippen LogP contribution in [0.25, 0.3) is 0 Å². The van der Waals surface area contributed by atoms with Crippen molar-refractivity contribution in [1.29, 1.82) is 0 Å². The zero-order valence-corrected chi connectivity index (χ0v) is 11.2. The second-order valence-electron chi connectivity index (χ2n) is 5.69. The third-order valence-corrected chi connectivity index (χ3v) is 4.57. The van der Waals surface area contributed by atoms with Crippen molar-refractivity contribution >= 4 is 11.5 Å². The van der Waals surface area contributed by atoms with E-state index < -0.39 is 0 Å². The molecule has 1 aromatic heterocycles. The fraction of sp³-hybridized carbons (Fsp3) is 0.375. The van der Waals surface area contributed by atoms with E-state index in [2.05, 4.69) is 27.4 Å². The average Bonchev–Trinajstić information content (AvgIpc) is 3.12. The number of carbonyl (C=O) groups excluding carboxylic acids is 1. The molecule has 20 heavy (non-hydrogen) atoms. The van der Waals surface area contributed by atoms with Crippen LogP contribution in [0.3, 0.4) is 0 Å². The first kappa shape index (κ1) is 11.7. The van der Waals surface area contributed by atoms with Gasteiger partial charge in [0, 0.05) is 23.8 Å². The Morgan fingerprint density at radius 3 is 3.15 bits per heavy atom. The first-order valence-electron chi connectivity index (χ1n) is 7.20. The van der Waals surface area contributed by atoms with Crippen molar-refractivity contribution in [3.05, 3.63) is 47.5 Å². The van der Waals surface area contributed by atoms with Gasteiger partial charge in [0.15, 0.2) is 0 Å². The summed E-state index contributed by atoms with van der Waals surface area (Å²) in [5.41, 5.74) is 4.56. The summed E-state index contributed by atoms with van der Waals surface area (Å²) >= 11 is 0. The van der Waals surface area contributed by atoms with Crippen molar-refractivity contribution < 1.29 is 4.79 Å². The first-order chi connectivity index (χ1) is 9.83. The van der Waals surface area contributed by atoms with Crippen LogP contribution in [0.4, 0.5) is 5.69 Å². The molecule has 1 aliphatic carbocycles. The van der Waals surface area contributed by atoms with Crippen LogP contribution in [0.2, 0.25) is 0 Å². The number of nitrogens with zero attached hydrogens (tertiary/aromatic N) is 1. The highest BCUT2D eigenvalue weighted by Crippen LogP contribution is 2.36. The second kappa shape index (κ2) is 4.47. The molecular formula is C16H17N3O. The third kappa shape index (κ3) is 1.75. The molecule has 0 saturated carbocycles. The Morgan fingerprint density at radius 2 is 2.20 bits per heavy atom. The van der Waals surface area contributed by atoms with Gasteiger partial charge >= 0.3 is 0 Å². The summed E-state index contributed by atoms with van der Waals surface area (Å²) in [6.07, 6.45) is 4.39. The predicted octanol–water partition coefficient (Wildman–Crippen LogP) is 2.29. The van der Waals surface area contributed by atoms with E-state index in [9.17, 15) is 4.79 Å². The van der Waals surface area contributed by atoms with Gasteiger partial charge in [-0.1, -0.05) is 18.2 Å². The normalized spacial score (nSPS) is 23.8. The first-order valence-corrected chi connectivity index (χ1v) is 7.20. The van der Waals surface area contributed by atoms with Crippen LogP contribution in [0.1, 0.15) is 29.3 Å². The van der Waals surface area contributed by atoms with Crippen molar-refractivity contribution in [2.45, 2.75) is 25.2 Å². The minimum absolute atomic E-state index is 0.0145. The Bertz CT molecular complexity index is 661. The van der Waals surface area contributed by atoms with E-state index in [1.165, 1.54) is 0 Å². The average molecular weight is 267 g/mol. The molecule has 2 aromatic rings. The lowest BCUT2D eigenvalue weighted by Crippen LogP contribution is -2.28. The van der Waals surface area contributed by atoms with E-state index >= 15 is 0 Å². The van der Waals surface area contributed by atoms with Gasteiger partial charge in [0.05, 0.1) is 17.9 Å². The molecule has 0 saturated heterocycles. The number of imidazole rings is 1. The molecule has 0 fully saturated rings. The van der Waals surface area contributed by atoms with Crippen LogP contribution >= 0.6 is 0 Å². The number of anilines is 1. The highest BCUT2D eigenvalue weighted by atomic mass is 16.1. The molecule has 2 N–H and O–H groups in total. The number of carbonyl (C=O) groups is 1. The zero-order valence-electron chi connectivity index (χ0n) is 11.2. The highest BCUT2D eigenvalue weighted by molar-refractivity contribution is 5.91. The van der Waals surface area contributed by atoms with Crippen molar-refractivity contribution in [2.75, 3.05) is 11.9 Å². The number of hydrogen-bond acceptors (Lipinski definition) is 3. The smallest absolute Gasteiger partial charge is 0.145 e. The molecule has 0 bridgehead atoms. The minimum Gasteiger partial charge on any atom is -0.384 e. The molecule has 102 valence electrons. The van der Waals surface area contributed by atoms with E-state index in [0.29, 0.717) is 5.78 Å². The molecular weight excluding hydrogens is 250 g/mol. The van der Waals surface area contributed by atoms with Crippen molar-refractivity contribution in [3.8, 4) is 0 Å². The lowest BCUT2D eigenvalue weighted by Gasteiger charge is -2.23. The zero-order chi connectivity index (χ0) is 13.5. The fourth-order valence-corrected chi connectivity index (χ4v) is 3.47. The lowest BCUT2D eigenvalue weighted by atomic mass is 9.80. The second-order valence-corrected chi connectivity index (χ2v) is 5.69. The Kier molecular flexibility index (Phi) is 2.62. The molecule has 0 radical (unpaired) electrons. The number of benzene rings is 1. The number of aromatic amines is 1. The summed E-state index contributed by atoms with van der Waals surface area (Å²) in [6.45, 7) is 0.741. The van der Waals surface area contributed by atoms with E-state index in [0.717, 1.165) is 48.4 Å². The van der Waals surface area contributed by atoms with Gasteiger partial charge < -0.3 is 10.3 Å². The molecule has 2 atom stereocenters. The SMILES string of the molecule is O=C(C1CCc2nc[nH]c2C1)C1CNc2ccccc21. The molecule has 2 unspecified atom stereocenters. The molecule has 4 nitrogen and oxygen atoms in total. The van der Waals surface area contributed by atoms with E-state index in [4.69, 9.17) is 0 Å². The molecule has 0 amide bonds. The molecule has 4 heteroatoms. The highest BCUT2D eigenvalue weighted by Gasteiger charge is 2.35. The van der Waals surface area contributed by atoms with Crippen LogP contribution in [0.15, 0.2) is 30.6 Å². The van der Waals surface area contributed by atoms with E-state index in [-0.39, 0.29) is 11.8 Å². The molecule has 2 aliphatic rings. The van der Waals surface area contributed by atoms with Gasteiger partial charge in [-0.25, -0.2) is 4.98 Å². The molecule has 1 aromatic carbocycles. The van der Waals surface area contributed by atoms with Gasteiger partial charge in [-0.3, -0.25) is 4.79 Å². The van der Waals surface area contributed by atoms with Crippen LogP contribution in [-0.2, 0) is 17.6 Å². The minimum atomic E-state index is 0.0145. The number of aryl methyl sites for hydroxylation is 1.